The van der Waals surface area contributed by atoms with E-state index < -0.39 is 0 Å². The third kappa shape index (κ3) is 3.16. The maximum absolute atomic E-state index is 12.1. The fourth-order valence-electron chi connectivity index (χ4n) is 2.70. The van der Waals surface area contributed by atoms with Gasteiger partial charge < -0.3 is 14.8 Å². The first-order chi connectivity index (χ1) is 11.2. The first-order valence-corrected chi connectivity index (χ1v) is 7.75. The van der Waals surface area contributed by atoms with Crippen LogP contribution >= 0.6 is 0 Å². The molecule has 1 aromatic carbocycles. The van der Waals surface area contributed by atoms with Crippen molar-refractivity contribution in [1.82, 2.24) is 9.78 Å². The molecule has 0 saturated heterocycles. The molecular weight excluding hydrogens is 294 g/mol. The Hall–Kier alpha value is -2.50. The number of benzene rings is 1. The van der Waals surface area contributed by atoms with Crippen LogP contribution in [0.25, 0.3) is 0 Å². The normalized spacial score (nSPS) is 14.2. The summed E-state index contributed by atoms with van der Waals surface area (Å²) >= 11 is 0. The van der Waals surface area contributed by atoms with Gasteiger partial charge in [-0.2, -0.15) is 5.10 Å². The summed E-state index contributed by atoms with van der Waals surface area (Å²) in [6.45, 7) is 0.494. The number of para-hydroxylation sites is 1. The van der Waals surface area contributed by atoms with Gasteiger partial charge in [-0.15, -0.1) is 0 Å². The Morgan fingerprint density at radius 3 is 2.78 bits per heavy atom. The standard InChI is InChI=1S/C17H21N3O3/c1-22-14-8-4-7-13(16(14)23-2)11-20-15(9-10-18-20)19-17(21)12-5-3-6-12/h4,7-10,12H,3,5-6,11H2,1-2H3,(H,19,21). The number of rotatable bonds is 6. The van der Waals surface area contributed by atoms with Crippen LogP contribution < -0.4 is 14.8 Å². The van der Waals surface area contributed by atoms with Gasteiger partial charge in [0.1, 0.15) is 5.82 Å². The summed E-state index contributed by atoms with van der Waals surface area (Å²) in [6.07, 6.45) is 4.77. The zero-order valence-corrected chi connectivity index (χ0v) is 13.4. The van der Waals surface area contributed by atoms with Gasteiger partial charge >= 0.3 is 0 Å². The summed E-state index contributed by atoms with van der Waals surface area (Å²) in [4.78, 5) is 12.1. The molecule has 6 nitrogen and oxygen atoms in total. The van der Waals surface area contributed by atoms with Gasteiger partial charge in [0.25, 0.3) is 0 Å². The zero-order valence-electron chi connectivity index (χ0n) is 13.4. The first-order valence-electron chi connectivity index (χ1n) is 7.75. The molecule has 0 atom stereocenters. The van der Waals surface area contributed by atoms with Crippen LogP contribution in [0.5, 0.6) is 11.5 Å². The van der Waals surface area contributed by atoms with E-state index in [-0.39, 0.29) is 11.8 Å². The summed E-state index contributed by atoms with van der Waals surface area (Å²) in [7, 11) is 3.23. The van der Waals surface area contributed by atoms with Gasteiger partial charge in [0.05, 0.1) is 27.0 Å². The lowest BCUT2D eigenvalue weighted by Gasteiger charge is -2.24. The fourth-order valence-corrected chi connectivity index (χ4v) is 2.70. The molecule has 3 rings (SSSR count). The monoisotopic (exact) mass is 315 g/mol. The van der Waals surface area contributed by atoms with Crippen molar-refractivity contribution in [2.24, 2.45) is 5.92 Å². The predicted octanol–water partition coefficient (Wildman–Crippen LogP) is 2.69. The van der Waals surface area contributed by atoms with Crippen LogP contribution in [0.15, 0.2) is 30.5 Å². The fraction of sp³-hybridized carbons (Fsp3) is 0.412. The molecule has 1 N–H and O–H groups in total. The Kier molecular flexibility index (Phi) is 4.50. The van der Waals surface area contributed by atoms with Crippen molar-refractivity contribution in [3.05, 3.63) is 36.0 Å². The molecular formula is C17H21N3O3. The lowest BCUT2D eigenvalue weighted by Crippen LogP contribution is -2.29. The Morgan fingerprint density at radius 2 is 2.13 bits per heavy atom. The highest BCUT2D eigenvalue weighted by atomic mass is 16.5. The highest BCUT2D eigenvalue weighted by Crippen LogP contribution is 2.32. The van der Waals surface area contributed by atoms with Gasteiger partial charge in [0, 0.05) is 17.5 Å². The minimum absolute atomic E-state index is 0.0793. The van der Waals surface area contributed by atoms with Gasteiger partial charge in [-0.1, -0.05) is 18.6 Å². The van der Waals surface area contributed by atoms with Crippen LogP contribution in [0.3, 0.4) is 0 Å². The van der Waals surface area contributed by atoms with Crippen LogP contribution in [0.1, 0.15) is 24.8 Å². The van der Waals surface area contributed by atoms with E-state index in [0.717, 1.165) is 24.8 Å². The molecule has 0 spiro atoms. The van der Waals surface area contributed by atoms with Gasteiger partial charge in [0.2, 0.25) is 5.91 Å². The Balaban J connectivity index is 1.79. The molecule has 6 heteroatoms. The van der Waals surface area contributed by atoms with E-state index >= 15 is 0 Å². The number of ether oxygens (including phenoxy) is 2. The average Bonchev–Trinajstić information content (AvgIpc) is 2.92. The highest BCUT2D eigenvalue weighted by molar-refractivity contribution is 5.92. The predicted molar refractivity (Wildman–Crippen MR) is 86.8 cm³/mol. The molecule has 1 saturated carbocycles. The number of aromatic nitrogens is 2. The van der Waals surface area contributed by atoms with E-state index in [9.17, 15) is 4.79 Å². The maximum atomic E-state index is 12.1. The SMILES string of the molecule is COc1cccc(Cn2nccc2NC(=O)C2CCC2)c1OC. The average molecular weight is 315 g/mol. The molecule has 2 aromatic rings. The Bertz CT molecular complexity index is 692. The lowest BCUT2D eigenvalue weighted by molar-refractivity contribution is -0.122. The van der Waals surface area contributed by atoms with Crippen molar-refractivity contribution in [2.75, 3.05) is 19.5 Å². The van der Waals surface area contributed by atoms with Crippen LogP contribution in [0, 0.1) is 5.92 Å². The molecule has 1 fully saturated rings. The smallest absolute Gasteiger partial charge is 0.228 e. The van der Waals surface area contributed by atoms with E-state index in [4.69, 9.17) is 9.47 Å². The summed E-state index contributed by atoms with van der Waals surface area (Å²) in [5.74, 6) is 2.28. The number of hydrogen-bond donors (Lipinski definition) is 1. The van der Waals surface area contributed by atoms with Crippen molar-refractivity contribution in [3.8, 4) is 11.5 Å². The lowest BCUT2D eigenvalue weighted by atomic mass is 9.85. The van der Waals surface area contributed by atoms with E-state index in [1.165, 1.54) is 0 Å². The quantitative estimate of drug-likeness (QED) is 0.890. The number of methoxy groups -OCH3 is 2. The summed E-state index contributed by atoms with van der Waals surface area (Å²) in [6, 6.07) is 7.53. The van der Waals surface area contributed by atoms with Gasteiger partial charge in [0.15, 0.2) is 11.5 Å². The number of carbonyl (C=O) groups is 1. The van der Waals surface area contributed by atoms with Crippen molar-refractivity contribution < 1.29 is 14.3 Å². The topological polar surface area (TPSA) is 65.4 Å². The third-order valence-corrected chi connectivity index (χ3v) is 4.25. The van der Waals surface area contributed by atoms with Crippen molar-refractivity contribution in [2.45, 2.75) is 25.8 Å². The van der Waals surface area contributed by atoms with Crippen LogP contribution in [0.2, 0.25) is 0 Å². The molecule has 0 radical (unpaired) electrons. The highest BCUT2D eigenvalue weighted by Gasteiger charge is 2.26. The number of hydrogen-bond acceptors (Lipinski definition) is 4. The molecule has 0 bridgehead atoms. The second kappa shape index (κ2) is 6.73. The Morgan fingerprint density at radius 1 is 1.30 bits per heavy atom. The second-order valence-corrected chi connectivity index (χ2v) is 5.64. The molecule has 1 aliphatic rings. The molecule has 1 aromatic heterocycles. The number of amides is 1. The summed E-state index contributed by atoms with van der Waals surface area (Å²) in [5.41, 5.74) is 0.940. The largest absolute Gasteiger partial charge is 0.493 e. The number of carbonyl (C=O) groups excluding carboxylic acids is 1. The van der Waals surface area contributed by atoms with Crippen molar-refractivity contribution in [3.63, 3.8) is 0 Å². The molecule has 1 amide bonds. The molecule has 0 unspecified atom stereocenters. The van der Waals surface area contributed by atoms with Gasteiger partial charge in [-0.3, -0.25) is 4.79 Å². The minimum atomic E-state index is 0.0793. The van der Waals surface area contributed by atoms with Crippen LogP contribution in [-0.2, 0) is 11.3 Å². The minimum Gasteiger partial charge on any atom is -0.493 e. The first kappa shape index (κ1) is 15.4. The van der Waals surface area contributed by atoms with Crippen LogP contribution in [0.4, 0.5) is 5.82 Å². The second-order valence-electron chi connectivity index (χ2n) is 5.64. The van der Waals surface area contributed by atoms with E-state index in [0.29, 0.717) is 23.9 Å². The zero-order chi connectivity index (χ0) is 16.2. The van der Waals surface area contributed by atoms with Gasteiger partial charge in [-0.25, -0.2) is 4.68 Å². The van der Waals surface area contributed by atoms with E-state index in [1.54, 1.807) is 25.1 Å². The summed E-state index contributed by atoms with van der Waals surface area (Å²) in [5, 5.41) is 7.27. The maximum Gasteiger partial charge on any atom is 0.228 e. The van der Waals surface area contributed by atoms with E-state index in [2.05, 4.69) is 10.4 Å². The number of anilines is 1. The molecule has 23 heavy (non-hydrogen) atoms. The third-order valence-electron chi connectivity index (χ3n) is 4.25. The van der Waals surface area contributed by atoms with Gasteiger partial charge in [-0.05, 0) is 18.9 Å². The molecule has 1 heterocycles. The number of nitrogens with one attached hydrogen (secondary N) is 1. The molecule has 1 aliphatic carbocycles. The van der Waals surface area contributed by atoms with E-state index in [1.807, 2.05) is 24.3 Å². The van der Waals surface area contributed by atoms with Crippen LogP contribution in [-0.4, -0.2) is 29.9 Å². The summed E-state index contributed by atoms with van der Waals surface area (Å²) < 4.78 is 12.5. The van der Waals surface area contributed by atoms with Crippen molar-refractivity contribution >= 4 is 11.7 Å². The number of nitrogens with zero attached hydrogens (tertiary/aromatic N) is 2. The Labute approximate surface area is 135 Å². The molecule has 0 aliphatic heterocycles. The molecule has 122 valence electrons. The van der Waals surface area contributed by atoms with Crippen molar-refractivity contribution in [1.29, 1.82) is 0 Å².